The fraction of sp³-hybridized carbons (Fsp3) is 0.413. The highest BCUT2D eigenvalue weighted by atomic mass is 16.5. The molecule has 0 spiro atoms. The monoisotopic (exact) mass is 877 g/mol. The molecular weight excluding hydrogens is 827 g/mol. The number of rotatable bonds is 25. The van der Waals surface area contributed by atoms with Crippen LogP contribution in [0.25, 0.3) is 28.0 Å². The number of Topliss-reactive ketones (excluding diaryl/α,β-unsaturated/α-hetero) is 2. The lowest BCUT2D eigenvalue weighted by molar-refractivity contribution is -0.136. The van der Waals surface area contributed by atoms with Gasteiger partial charge in [-0.3, -0.25) is 48.4 Å². The number of piperidine rings is 1. The molecule has 2 aromatic carbocycles. The number of ether oxygens (including phenoxy) is 4. The van der Waals surface area contributed by atoms with Gasteiger partial charge < -0.3 is 28.8 Å². The maximum absolute atomic E-state index is 13.2. The van der Waals surface area contributed by atoms with Gasteiger partial charge in [0.25, 0.3) is 11.8 Å². The number of amides is 4. The molecule has 64 heavy (non-hydrogen) atoms. The Kier molecular flexibility index (Phi) is 15.3. The van der Waals surface area contributed by atoms with E-state index in [1.807, 2.05) is 48.7 Å². The van der Waals surface area contributed by atoms with Gasteiger partial charge in [0.05, 0.1) is 56.0 Å². The van der Waals surface area contributed by atoms with Crippen molar-refractivity contribution in [1.29, 1.82) is 0 Å². The molecule has 0 saturated carbocycles. The molecular formula is C46H51N7O11. The minimum absolute atomic E-state index is 0.00393. The molecule has 18 nitrogen and oxygen atoms in total. The average Bonchev–Trinajstić information content (AvgIpc) is 3.92. The van der Waals surface area contributed by atoms with Gasteiger partial charge in [-0.2, -0.15) is 0 Å². The van der Waals surface area contributed by atoms with Crippen LogP contribution in [0.3, 0.4) is 0 Å². The summed E-state index contributed by atoms with van der Waals surface area (Å²) in [5, 5.41) is 9.55. The van der Waals surface area contributed by atoms with Crippen molar-refractivity contribution in [1.82, 2.24) is 29.7 Å². The minimum atomic E-state index is -1.09. The molecule has 2 N–H and O–H groups in total. The van der Waals surface area contributed by atoms with Crippen molar-refractivity contribution in [2.45, 2.75) is 71.3 Å². The second-order valence-electron chi connectivity index (χ2n) is 15.5. The largest absolute Gasteiger partial charge is 0.485 e. The van der Waals surface area contributed by atoms with Gasteiger partial charge in [-0.25, -0.2) is 4.98 Å². The number of ketones is 2. The summed E-state index contributed by atoms with van der Waals surface area (Å²) in [6.07, 6.45) is 8.59. The number of hydrogen-bond donors (Lipinski definition) is 2. The summed E-state index contributed by atoms with van der Waals surface area (Å²) in [5.41, 5.74) is 5.18. The molecule has 5 heterocycles. The van der Waals surface area contributed by atoms with Crippen LogP contribution in [0.5, 0.6) is 5.75 Å². The lowest BCUT2D eigenvalue weighted by Crippen LogP contribution is -2.54. The van der Waals surface area contributed by atoms with Crippen LogP contribution in [0.15, 0.2) is 65.6 Å². The summed E-state index contributed by atoms with van der Waals surface area (Å²) in [7, 11) is 0. The molecule has 1 fully saturated rings. The molecule has 4 amide bonds. The predicted molar refractivity (Wildman–Crippen MR) is 231 cm³/mol. The molecule has 7 rings (SSSR count). The number of hydrogen-bond acceptors (Lipinski definition) is 15. The zero-order valence-corrected chi connectivity index (χ0v) is 35.9. The first kappa shape index (κ1) is 45.4. The summed E-state index contributed by atoms with van der Waals surface area (Å²) >= 11 is 0. The fourth-order valence-electron chi connectivity index (χ4n) is 7.67. The van der Waals surface area contributed by atoms with Crippen LogP contribution < -0.4 is 15.4 Å². The van der Waals surface area contributed by atoms with E-state index >= 15 is 0 Å². The van der Waals surface area contributed by atoms with E-state index in [1.165, 1.54) is 12.1 Å². The Hall–Kier alpha value is -6.63. The van der Waals surface area contributed by atoms with Crippen LogP contribution in [0.4, 0.5) is 5.82 Å². The van der Waals surface area contributed by atoms with Crippen molar-refractivity contribution in [3.63, 3.8) is 0 Å². The van der Waals surface area contributed by atoms with Crippen LogP contribution in [0, 0.1) is 13.8 Å². The van der Waals surface area contributed by atoms with E-state index in [9.17, 15) is 28.8 Å². The number of nitrogens with one attached hydrogen (secondary N) is 2. The molecule has 1 unspecified atom stereocenters. The number of fused-ring (bicyclic) bond motifs is 2. The number of nitrogens with zero attached hydrogens (tertiary/aromatic N) is 5. The Bertz CT molecular complexity index is 2480. The second kappa shape index (κ2) is 21.6. The molecule has 3 aromatic heterocycles. The van der Waals surface area contributed by atoms with Crippen LogP contribution in [0.2, 0.25) is 0 Å². The van der Waals surface area contributed by atoms with E-state index in [0.717, 1.165) is 51.0 Å². The Morgan fingerprint density at radius 1 is 0.828 bits per heavy atom. The molecule has 0 aliphatic carbocycles. The fourth-order valence-corrected chi connectivity index (χ4v) is 7.67. The molecule has 336 valence electrons. The Balaban J connectivity index is 0.703. The van der Waals surface area contributed by atoms with E-state index in [-0.39, 0.29) is 60.9 Å². The Morgan fingerprint density at radius 2 is 1.52 bits per heavy atom. The smallest absolute Gasteiger partial charge is 0.266 e. The van der Waals surface area contributed by atoms with Crippen molar-refractivity contribution in [2.75, 3.05) is 58.1 Å². The number of aryl methyl sites for hydroxylation is 2. The number of anilines is 1. The van der Waals surface area contributed by atoms with Crippen LogP contribution in [-0.2, 0) is 33.4 Å². The van der Waals surface area contributed by atoms with Crippen molar-refractivity contribution in [2.24, 2.45) is 0 Å². The van der Waals surface area contributed by atoms with Gasteiger partial charge in [0.1, 0.15) is 35.7 Å². The zero-order chi connectivity index (χ0) is 45.0. The third-order valence-corrected chi connectivity index (χ3v) is 10.9. The Labute approximate surface area is 369 Å². The van der Waals surface area contributed by atoms with E-state index in [2.05, 4.69) is 20.8 Å². The second-order valence-corrected chi connectivity index (χ2v) is 15.5. The van der Waals surface area contributed by atoms with Crippen molar-refractivity contribution in [3.8, 4) is 28.1 Å². The molecule has 2 aliphatic rings. The first-order valence-electron chi connectivity index (χ1n) is 21.4. The maximum Gasteiger partial charge on any atom is 0.266 e. The number of carbonyl (C=O) groups excluding carboxylic acids is 6. The van der Waals surface area contributed by atoms with Gasteiger partial charge in [0, 0.05) is 56.0 Å². The lowest BCUT2D eigenvalue weighted by atomic mass is 10.0. The van der Waals surface area contributed by atoms with Crippen LogP contribution in [0.1, 0.15) is 83.5 Å². The molecule has 1 atom stereocenters. The normalized spacial score (nSPS) is 14.9. The Morgan fingerprint density at radius 3 is 2.20 bits per heavy atom. The molecule has 1 saturated heterocycles. The third kappa shape index (κ3) is 10.9. The standard InChI is InChI=1S/C46H51N7O11/c1-29-40(30(2)64-51-29)31-12-14-32(15-13-31)42-43(52-19-18-47-27-38(52)49-42)48-26-33(54)8-3-5-20-60-22-24-62-25-23-61-21-6-4-9-34(55)28-63-37-11-7-10-35-41(37)46(59)53(45(35)58)36-16-17-39(56)50-44(36)57/h7,10-15,18-19,27,36,48H,3-6,8-9,16-17,20-26,28H2,1-2H3,(H,50,56,57). The third-order valence-electron chi connectivity index (χ3n) is 10.9. The van der Waals surface area contributed by atoms with E-state index in [4.69, 9.17) is 28.5 Å². The van der Waals surface area contributed by atoms with Crippen molar-refractivity contribution in [3.05, 3.63) is 83.6 Å². The van der Waals surface area contributed by atoms with E-state index in [1.54, 1.807) is 18.5 Å². The summed E-state index contributed by atoms with van der Waals surface area (Å²) in [5.74, 6) is -1.01. The number of benzene rings is 2. The molecule has 0 bridgehead atoms. The summed E-state index contributed by atoms with van der Waals surface area (Å²) in [4.78, 5) is 85.3. The van der Waals surface area contributed by atoms with Gasteiger partial charge in [0.2, 0.25) is 11.8 Å². The number of carbonyl (C=O) groups is 6. The van der Waals surface area contributed by atoms with Gasteiger partial charge in [-0.1, -0.05) is 35.5 Å². The minimum Gasteiger partial charge on any atom is -0.485 e. The van der Waals surface area contributed by atoms with Crippen molar-refractivity contribution < 1.29 is 52.2 Å². The van der Waals surface area contributed by atoms with Gasteiger partial charge in [-0.15, -0.1) is 0 Å². The lowest BCUT2D eigenvalue weighted by Gasteiger charge is -2.27. The highest BCUT2D eigenvalue weighted by molar-refractivity contribution is 6.24. The summed E-state index contributed by atoms with van der Waals surface area (Å²) < 4.78 is 29.8. The zero-order valence-electron chi connectivity index (χ0n) is 35.9. The molecule has 0 radical (unpaired) electrons. The predicted octanol–water partition coefficient (Wildman–Crippen LogP) is 5.09. The number of unbranched alkanes of at least 4 members (excludes halogenated alkanes) is 2. The first-order chi connectivity index (χ1) is 31.1. The number of imidazole rings is 1. The summed E-state index contributed by atoms with van der Waals surface area (Å²) in [6, 6.07) is 11.5. The highest BCUT2D eigenvalue weighted by Crippen LogP contribution is 2.35. The highest BCUT2D eigenvalue weighted by Gasteiger charge is 2.46. The van der Waals surface area contributed by atoms with Crippen molar-refractivity contribution >= 4 is 46.7 Å². The quantitative estimate of drug-likeness (QED) is 0.0576. The average molecular weight is 878 g/mol. The summed E-state index contributed by atoms with van der Waals surface area (Å²) in [6.45, 7) is 6.31. The first-order valence-corrected chi connectivity index (χ1v) is 21.4. The van der Waals surface area contributed by atoms with E-state index < -0.39 is 29.7 Å². The number of imide groups is 2. The topological polar surface area (TPSA) is 223 Å². The van der Waals surface area contributed by atoms with E-state index in [0.29, 0.717) is 71.0 Å². The molecule has 5 aromatic rings. The van der Waals surface area contributed by atoms with Gasteiger partial charge in [0.15, 0.2) is 17.2 Å². The van der Waals surface area contributed by atoms with Gasteiger partial charge in [-0.05, 0) is 63.6 Å². The van der Waals surface area contributed by atoms with Crippen LogP contribution in [-0.4, -0.2) is 118 Å². The van der Waals surface area contributed by atoms with Gasteiger partial charge >= 0.3 is 0 Å². The SMILES string of the molecule is Cc1noc(C)c1-c1ccc(-c2nc3cnccn3c2NCC(=O)CCCCOCCOCCOCCCCC(=O)COc2cccc3c2C(=O)N(C2CCC(=O)NC2=O)C3=O)cc1. The van der Waals surface area contributed by atoms with Crippen LogP contribution >= 0.6 is 0 Å². The molecule has 2 aliphatic heterocycles. The molecule has 18 heteroatoms. The number of aromatic nitrogens is 4. The maximum atomic E-state index is 13.2.